The molecule has 102 valence electrons. The lowest BCUT2D eigenvalue weighted by atomic mass is 10.1. The van der Waals surface area contributed by atoms with Crippen molar-refractivity contribution in [2.75, 3.05) is 16.9 Å². The second kappa shape index (κ2) is 5.92. The molecule has 1 amide bonds. The van der Waals surface area contributed by atoms with Crippen molar-refractivity contribution in [3.63, 3.8) is 0 Å². The average Bonchev–Trinajstić information content (AvgIpc) is 2.65. The van der Waals surface area contributed by atoms with Gasteiger partial charge < -0.3 is 5.32 Å². The van der Waals surface area contributed by atoms with Gasteiger partial charge in [-0.25, -0.2) is 0 Å². The number of nitrogens with one attached hydrogen (secondary N) is 1. The first-order chi connectivity index (χ1) is 9.04. The summed E-state index contributed by atoms with van der Waals surface area (Å²) >= 11 is 7.06. The lowest BCUT2D eigenvalue weighted by molar-refractivity contribution is -0.118. The number of amides is 1. The van der Waals surface area contributed by atoms with Gasteiger partial charge in [0.25, 0.3) is 5.91 Å². The minimum Gasteiger partial charge on any atom is -0.350 e. The molecule has 0 aromatic heterocycles. The van der Waals surface area contributed by atoms with E-state index in [9.17, 15) is 4.79 Å². The number of nitrogens with zero attached hydrogens (tertiary/aromatic N) is 1. The summed E-state index contributed by atoms with van der Waals surface area (Å²) in [6, 6.07) is 5.90. The van der Waals surface area contributed by atoms with Crippen LogP contribution in [0.5, 0.6) is 0 Å². The highest BCUT2D eigenvalue weighted by Crippen LogP contribution is 2.26. The average molecular weight is 294 g/mol. The number of thiocarbonyl (C=S) groups is 1. The van der Waals surface area contributed by atoms with Crippen molar-refractivity contribution in [1.82, 2.24) is 5.32 Å². The standard InChI is InChI=1S/C14H18N2OS2/c1-9-4-5-10(2)12(8-9)16-13(17)11(6-7-19-3)15-14(16)18/h4-5,8,11H,6-7H2,1-3H3,(H,15,18). The number of aryl methyl sites for hydroxylation is 2. The minimum atomic E-state index is -0.181. The first kappa shape index (κ1) is 14.3. The van der Waals surface area contributed by atoms with Crippen LogP contribution in [0.25, 0.3) is 0 Å². The van der Waals surface area contributed by atoms with Crippen molar-refractivity contribution in [2.24, 2.45) is 0 Å². The molecule has 1 atom stereocenters. The predicted molar refractivity (Wildman–Crippen MR) is 85.9 cm³/mol. The van der Waals surface area contributed by atoms with Crippen LogP contribution in [0, 0.1) is 13.8 Å². The van der Waals surface area contributed by atoms with Crippen LogP contribution in [-0.4, -0.2) is 29.1 Å². The van der Waals surface area contributed by atoms with Gasteiger partial charge in [-0.05, 0) is 61.7 Å². The summed E-state index contributed by atoms with van der Waals surface area (Å²) in [5.74, 6) is 1.01. The number of carbonyl (C=O) groups excluding carboxylic acids is 1. The Balaban J connectivity index is 2.27. The maximum atomic E-state index is 12.5. The molecule has 0 radical (unpaired) electrons. The summed E-state index contributed by atoms with van der Waals surface area (Å²) in [5.41, 5.74) is 3.09. The highest BCUT2D eigenvalue weighted by Gasteiger charge is 2.36. The Morgan fingerprint density at radius 3 is 2.84 bits per heavy atom. The monoisotopic (exact) mass is 294 g/mol. The molecule has 3 nitrogen and oxygen atoms in total. The molecule has 0 spiro atoms. The fourth-order valence-electron chi connectivity index (χ4n) is 2.15. The molecule has 1 N–H and O–H groups in total. The van der Waals surface area contributed by atoms with Crippen molar-refractivity contribution in [3.05, 3.63) is 29.3 Å². The number of hydrogen-bond acceptors (Lipinski definition) is 3. The molecule has 19 heavy (non-hydrogen) atoms. The molecule has 2 rings (SSSR count). The Bertz CT molecular complexity index is 516. The maximum absolute atomic E-state index is 12.5. The Labute approximate surface area is 123 Å². The van der Waals surface area contributed by atoms with Crippen molar-refractivity contribution >= 4 is 40.7 Å². The topological polar surface area (TPSA) is 32.3 Å². The normalized spacial score (nSPS) is 18.9. The smallest absolute Gasteiger partial charge is 0.255 e. The summed E-state index contributed by atoms with van der Waals surface area (Å²) in [7, 11) is 0. The molecule has 5 heteroatoms. The molecule has 0 bridgehead atoms. The zero-order valence-corrected chi connectivity index (χ0v) is 13.0. The van der Waals surface area contributed by atoms with Crippen LogP contribution in [0.1, 0.15) is 17.5 Å². The molecule has 1 aliphatic heterocycles. The van der Waals surface area contributed by atoms with Crippen LogP contribution in [0.3, 0.4) is 0 Å². The van der Waals surface area contributed by atoms with Crippen molar-refractivity contribution in [3.8, 4) is 0 Å². The molecule has 1 aromatic carbocycles. The second-order valence-corrected chi connectivity index (χ2v) is 6.12. The van der Waals surface area contributed by atoms with E-state index in [1.807, 2.05) is 38.3 Å². The number of hydrogen-bond donors (Lipinski definition) is 1. The van der Waals surface area contributed by atoms with E-state index in [-0.39, 0.29) is 11.9 Å². The molecule has 0 saturated carbocycles. The molecule has 1 aliphatic rings. The van der Waals surface area contributed by atoms with Gasteiger partial charge in [-0.1, -0.05) is 12.1 Å². The number of anilines is 1. The van der Waals surface area contributed by atoms with Gasteiger partial charge >= 0.3 is 0 Å². The van der Waals surface area contributed by atoms with Gasteiger partial charge in [0.1, 0.15) is 6.04 Å². The first-order valence-electron chi connectivity index (χ1n) is 6.25. The van der Waals surface area contributed by atoms with Gasteiger partial charge in [0.2, 0.25) is 0 Å². The Hall–Kier alpha value is -1.07. The fourth-order valence-corrected chi connectivity index (χ4v) is 2.95. The molecule has 1 fully saturated rings. The van der Waals surface area contributed by atoms with Crippen LogP contribution in [0.15, 0.2) is 18.2 Å². The van der Waals surface area contributed by atoms with E-state index in [1.165, 1.54) is 0 Å². The summed E-state index contributed by atoms with van der Waals surface area (Å²) < 4.78 is 0. The van der Waals surface area contributed by atoms with Crippen molar-refractivity contribution in [2.45, 2.75) is 26.3 Å². The number of rotatable bonds is 4. The largest absolute Gasteiger partial charge is 0.350 e. The first-order valence-corrected chi connectivity index (χ1v) is 8.05. The van der Waals surface area contributed by atoms with Crippen LogP contribution < -0.4 is 10.2 Å². The van der Waals surface area contributed by atoms with Crippen molar-refractivity contribution in [1.29, 1.82) is 0 Å². The number of benzene rings is 1. The highest BCUT2D eigenvalue weighted by molar-refractivity contribution is 7.98. The quantitative estimate of drug-likeness (QED) is 0.865. The van der Waals surface area contributed by atoms with Crippen molar-refractivity contribution < 1.29 is 4.79 Å². The van der Waals surface area contributed by atoms with Gasteiger partial charge in [-0.2, -0.15) is 11.8 Å². The van der Waals surface area contributed by atoms with Crippen LogP contribution in [-0.2, 0) is 4.79 Å². The predicted octanol–water partition coefficient (Wildman–Crippen LogP) is 2.65. The number of thioether (sulfide) groups is 1. The molecule has 1 aromatic rings. The summed E-state index contributed by atoms with van der Waals surface area (Å²) in [6.07, 6.45) is 2.85. The zero-order valence-electron chi connectivity index (χ0n) is 11.4. The molecular formula is C14H18N2OS2. The highest BCUT2D eigenvalue weighted by atomic mass is 32.2. The summed E-state index contributed by atoms with van der Waals surface area (Å²) in [5, 5.41) is 3.65. The zero-order chi connectivity index (χ0) is 14.0. The van der Waals surface area contributed by atoms with Gasteiger partial charge in [0.05, 0.1) is 5.69 Å². The van der Waals surface area contributed by atoms with Gasteiger partial charge in [0, 0.05) is 0 Å². The molecule has 1 heterocycles. The van der Waals surface area contributed by atoms with Gasteiger partial charge in [-0.3, -0.25) is 9.69 Å². The van der Waals surface area contributed by atoms with E-state index >= 15 is 0 Å². The van der Waals surface area contributed by atoms with E-state index in [1.54, 1.807) is 16.7 Å². The Morgan fingerprint density at radius 2 is 2.16 bits per heavy atom. The maximum Gasteiger partial charge on any atom is 0.255 e. The van der Waals surface area contributed by atoms with E-state index in [0.29, 0.717) is 5.11 Å². The minimum absolute atomic E-state index is 0.0627. The molecule has 1 saturated heterocycles. The Morgan fingerprint density at radius 1 is 1.42 bits per heavy atom. The molecule has 0 aliphatic carbocycles. The van der Waals surface area contributed by atoms with E-state index in [0.717, 1.165) is 29.0 Å². The lowest BCUT2D eigenvalue weighted by Crippen LogP contribution is -2.32. The summed E-state index contributed by atoms with van der Waals surface area (Å²) in [4.78, 5) is 14.1. The van der Waals surface area contributed by atoms with Gasteiger partial charge in [0.15, 0.2) is 5.11 Å². The molecular weight excluding hydrogens is 276 g/mol. The van der Waals surface area contributed by atoms with Crippen LogP contribution in [0.2, 0.25) is 0 Å². The molecule has 1 unspecified atom stereocenters. The summed E-state index contributed by atoms with van der Waals surface area (Å²) in [6.45, 7) is 4.02. The second-order valence-electron chi connectivity index (χ2n) is 4.75. The number of carbonyl (C=O) groups is 1. The van der Waals surface area contributed by atoms with Crippen LogP contribution >= 0.6 is 24.0 Å². The van der Waals surface area contributed by atoms with Gasteiger partial charge in [-0.15, -0.1) is 0 Å². The third kappa shape index (κ3) is 2.92. The van der Waals surface area contributed by atoms with E-state index < -0.39 is 0 Å². The third-order valence-electron chi connectivity index (χ3n) is 3.24. The Kier molecular flexibility index (Phi) is 4.47. The third-order valence-corrected chi connectivity index (χ3v) is 4.18. The van der Waals surface area contributed by atoms with Crippen LogP contribution in [0.4, 0.5) is 5.69 Å². The van der Waals surface area contributed by atoms with E-state index in [2.05, 4.69) is 5.32 Å². The lowest BCUT2D eigenvalue weighted by Gasteiger charge is -2.18. The SMILES string of the molecule is CSCCC1NC(=S)N(c2cc(C)ccc2C)C1=O. The van der Waals surface area contributed by atoms with E-state index in [4.69, 9.17) is 12.2 Å². The fraction of sp³-hybridized carbons (Fsp3) is 0.429.